The largest absolute Gasteiger partial charge is 0.452 e. The zero-order valence-electron chi connectivity index (χ0n) is 15.1. The highest BCUT2D eigenvalue weighted by atomic mass is 32.1. The van der Waals surface area contributed by atoms with Gasteiger partial charge >= 0.3 is 5.97 Å². The first-order valence-electron chi connectivity index (χ1n) is 8.78. The molecule has 4 aromatic rings. The van der Waals surface area contributed by atoms with Gasteiger partial charge in [-0.1, -0.05) is 36.4 Å². The van der Waals surface area contributed by atoms with Gasteiger partial charge in [-0.05, 0) is 36.4 Å². The Morgan fingerprint density at radius 3 is 2.62 bits per heavy atom. The van der Waals surface area contributed by atoms with Crippen LogP contribution in [-0.4, -0.2) is 23.5 Å². The molecule has 0 aliphatic rings. The lowest BCUT2D eigenvalue weighted by Crippen LogP contribution is -2.21. The lowest BCUT2D eigenvalue weighted by Gasteiger charge is -2.09. The van der Waals surface area contributed by atoms with Gasteiger partial charge in [-0.15, -0.1) is 11.3 Å². The summed E-state index contributed by atoms with van der Waals surface area (Å²) in [4.78, 5) is 29.2. The van der Waals surface area contributed by atoms with Crippen molar-refractivity contribution in [3.8, 4) is 10.6 Å². The van der Waals surface area contributed by atoms with E-state index in [-0.39, 0.29) is 0 Å². The number of para-hydroxylation sites is 1. The normalized spacial score (nSPS) is 10.7. The Hall–Kier alpha value is -3.58. The van der Waals surface area contributed by atoms with Crippen LogP contribution < -0.4 is 5.32 Å². The number of fused-ring (bicyclic) bond motifs is 1. The van der Waals surface area contributed by atoms with E-state index in [2.05, 4.69) is 10.3 Å². The average molecular weight is 406 g/mol. The highest BCUT2D eigenvalue weighted by molar-refractivity contribution is 7.21. The van der Waals surface area contributed by atoms with E-state index in [0.717, 1.165) is 10.2 Å². The minimum atomic E-state index is -0.630. The van der Waals surface area contributed by atoms with Crippen LogP contribution in [0.25, 0.3) is 20.8 Å². The zero-order chi connectivity index (χ0) is 20.2. The molecule has 0 atom stereocenters. The van der Waals surface area contributed by atoms with Crippen molar-refractivity contribution in [2.24, 2.45) is 0 Å². The van der Waals surface area contributed by atoms with Crippen LogP contribution in [0.5, 0.6) is 0 Å². The van der Waals surface area contributed by atoms with Crippen molar-refractivity contribution in [1.82, 2.24) is 4.98 Å². The number of nitrogens with zero attached hydrogens (tertiary/aromatic N) is 1. The van der Waals surface area contributed by atoms with Gasteiger partial charge in [0.05, 0.1) is 15.8 Å². The molecule has 0 radical (unpaired) electrons. The Morgan fingerprint density at radius 1 is 1.00 bits per heavy atom. The van der Waals surface area contributed by atoms with Crippen LogP contribution in [0, 0.1) is 5.82 Å². The third kappa shape index (κ3) is 4.30. The molecule has 0 aliphatic carbocycles. The number of nitrogens with one attached hydrogen (secondary N) is 1. The Kier molecular flexibility index (Phi) is 5.31. The summed E-state index contributed by atoms with van der Waals surface area (Å²) in [5, 5.41) is 3.18. The first-order chi connectivity index (χ1) is 14.1. The highest BCUT2D eigenvalue weighted by Gasteiger charge is 2.18. The fourth-order valence-electron chi connectivity index (χ4n) is 2.81. The van der Waals surface area contributed by atoms with Crippen molar-refractivity contribution in [1.29, 1.82) is 0 Å². The number of anilines is 1. The molecule has 0 saturated carbocycles. The van der Waals surface area contributed by atoms with E-state index in [1.807, 2.05) is 30.3 Å². The molecule has 5 nitrogen and oxygen atoms in total. The minimum Gasteiger partial charge on any atom is -0.452 e. The number of hydrogen-bond acceptors (Lipinski definition) is 5. The van der Waals surface area contributed by atoms with E-state index >= 15 is 0 Å². The summed E-state index contributed by atoms with van der Waals surface area (Å²) in [6, 6.07) is 20.2. The van der Waals surface area contributed by atoms with Crippen LogP contribution >= 0.6 is 11.3 Å². The number of amides is 1. The number of hydrogen-bond donors (Lipinski definition) is 1. The maximum absolute atomic E-state index is 13.2. The van der Waals surface area contributed by atoms with E-state index in [9.17, 15) is 14.0 Å². The molecule has 0 unspecified atom stereocenters. The van der Waals surface area contributed by atoms with Crippen LogP contribution in [0.3, 0.4) is 0 Å². The second-order valence-corrected chi connectivity index (χ2v) is 7.20. The molecule has 4 rings (SSSR count). The molecule has 1 heterocycles. The number of halogens is 1. The topological polar surface area (TPSA) is 68.3 Å². The van der Waals surface area contributed by atoms with E-state index in [1.165, 1.54) is 29.5 Å². The van der Waals surface area contributed by atoms with Crippen LogP contribution in [0.1, 0.15) is 10.4 Å². The first kappa shape index (κ1) is 18.8. The predicted octanol–water partition coefficient (Wildman–Crippen LogP) is 4.90. The molecule has 144 valence electrons. The van der Waals surface area contributed by atoms with Crippen molar-refractivity contribution in [2.75, 3.05) is 11.9 Å². The van der Waals surface area contributed by atoms with Crippen LogP contribution in [0.2, 0.25) is 0 Å². The molecule has 0 spiro atoms. The van der Waals surface area contributed by atoms with Crippen LogP contribution in [0.15, 0.2) is 72.8 Å². The summed E-state index contributed by atoms with van der Waals surface area (Å²) in [5.41, 5.74) is 2.11. The summed E-state index contributed by atoms with van der Waals surface area (Å²) < 4.78 is 19.4. The second kappa shape index (κ2) is 8.20. The van der Waals surface area contributed by atoms with Gasteiger partial charge in [0.2, 0.25) is 0 Å². The summed E-state index contributed by atoms with van der Waals surface area (Å²) >= 11 is 1.48. The second-order valence-electron chi connectivity index (χ2n) is 6.17. The van der Waals surface area contributed by atoms with Gasteiger partial charge in [-0.3, -0.25) is 4.79 Å². The summed E-state index contributed by atoms with van der Waals surface area (Å²) in [6.07, 6.45) is 0. The van der Waals surface area contributed by atoms with Gasteiger partial charge in [0.15, 0.2) is 6.61 Å². The molecule has 0 fully saturated rings. The lowest BCUT2D eigenvalue weighted by atomic mass is 10.1. The third-order valence-corrected chi connectivity index (χ3v) is 5.18. The van der Waals surface area contributed by atoms with E-state index in [0.29, 0.717) is 21.8 Å². The predicted molar refractivity (Wildman–Crippen MR) is 110 cm³/mol. The minimum absolute atomic E-state index is 0.293. The Balaban J connectivity index is 1.48. The van der Waals surface area contributed by atoms with Gasteiger partial charge in [0.1, 0.15) is 10.8 Å². The van der Waals surface area contributed by atoms with Crippen molar-refractivity contribution in [2.45, 2.75) is 0 Å². The van der Waals surface area contributed by atoms with Gasteiger partial charge in [-0.2, -0.15) is 0 Å². The van der Waals surface area contributed by atoms with Crippen molar-refractivity contribution < 1.29 is 18.7 Å². The maximum Gasteiger partial charge on any atom is 0.339 e. The lowest BCUT2D eigenvalue weighted by molar-refractivity contribution is -0.119. The van der Waals surface area contributed by atoms with E-state index < -0.39 is 24.3 Å². The number of thiazole rings is 1. The molecule has 1 aromatic heterocycles. The van der Waals surface area contributed by atoms with Crippen LogP contribution in [0.4, 0.5) is 10.1 Å². The molecule has 0 saturated heterocycles. The SMILES string of the molecule is O=C(COC(=O)c1ccccc1-c1nc2ccccc2s1)Nc1cccc(F)c1. The number of rotatable bonds is 5. The van der Waals surface area contributed by atoms with Gasteiger partial charge < -0.3 is 10.1 Å². The summed E-state index contributed by atoms with van der Waals surface area (Å²) in [5.74, 6) is -1.65. The third-order valence-electron chi connectivity index (χ3n) is 4.11. The molecule has 29 heavy (non-hydrogen) atoms. The van der Waals surface area contributed by atoms with Crippen molar-refractivity contribution in [3.05, 3.63) is 84.2 Å². The monoisotopic (exact) mass is 406 g/mol. The standard InChI is InChI=1S/C22H15FN2O3S/c23-14-6-5-7-15(12-14)24-20(26)13-28-22(27)17-9-2-1-8-16(17)21-25-18-10-3-4-11-19(18)29-21/h1-12H,13H2,(H,24,26). The number of benzene rings is 3. The van der Waals surface area contributed by atoms with Crippen LogP contribution in [-0.2, 0) is 9.53 Å². The quantitative estimate of drug-likeness (QED) is 0.479. The smallest absolute Gasteiger partial charge is 0.339 e. The van der Waals surface area contributed by atoms with E-state index in [4.69, 9.17) is 4.74 Å². The number of carbonyl (C=O) groups is 2. The number of carbonyl (C=O) groups excluding carboxylic acids is 2. The first-order valence-corrected chi connectivity index (χ1v) is 9.59. The van der Waals surface area contributed by atoms with Gasteiger partial charge in [-0.25, -0.2) is 14.2 Å². The Morgan fingerprint density at radius 2 is 1.79 bits per heavy atom. The maximum atomic E-state index is 13.2. The zero-order valence-corrected chi connectivity index (χ0v) is 15.9. The molecule has 0 bridgehead atoms. The average Bonchev–Trinajstić information content (AvgIpc) is 3.16. The fourth-order valence-corrected chi connectivity index (χ4v) is 3.81. The van der Waals surface area contributed by atoms with Crippen molar-refractivity contribution in [3.63, 3.8) is 0 Å². The molecule has 7 heteroatoms. The van der Waals surface area contributed by atoms with Gasteiger partial charge in [0, 0.05) is 11.3 Å². The summed E-state index contributed by atoms with van der Waals surface area (Å²) in [6.45, 7) is -0.483. The van der Waals surface area contributed by atoms with E-state index in [1.54, 1.807) is 24.3 Å². The molecule has 3 aromatic carbocycles. The number of ether oxygens (including phenoxy) is 1. The molecule has 0 aliphatic heterocycles. The molecular formula is C22H15FN2O3S. The summed E-state index contributed by atoms with van der Waals surface area (Å²) in [7, 11) is 0. The fraction of sp³-hybridized carbons (Fsp3) is 0.0455. The molecular weight excluding hydrogens is 391 g/mol. The highest BCUT2D eigenvalue weighted by Crippen LogP contribution is 2.32. The molecule has 1 N–H and O–H groups in total. The number of aromatic nitrogens is 1. The Bertz CT molecular complexity index is 1170. The molecule has 1 amide bonds. The van der Waals surface area contributed by atoms with Crippen molar-refractivity contribution >= 4 is 39.1 Å². The Labute approximate surface area is 169 Å². The van der Waals surface area contributed by atoms with Gasteiger partial charge in [0.25, 0.3) is 5.91 Å². The number of esters is 1.